The topological polar surface area (TPSA) is 51.8 Å². The molecule has 0 saturated carbocycles. The SMILES string of the molecule is CCc1cc(CC(N)C(C)(C)C)nc(C)n1. The molecular weight excluding hydrogens is 198 g/mol. The number of hydrogen-bond donors (Lipinski definition) is 1. The van der Waals surface area contributed by atoms with Crippen LogP contribution < -0.4 is 5.73 Å². The van der Waals surface area contributed by atoms with Crippen LogP contribution in [0.3, 0.4) is 0 Å². The predicted octanol–water partition coefficient (Wildman–Crippen LogP) is 2.26. The first-order chi connectivity index (χ1) is 7.32. The third-order valence-electron chi connectivity index (χ3n) is 2.85. The molecule has 0 saturated heterocycles. The molecule has 0 bridgehead atoms. The Balaban J connectivity index is 2.85. The summed E-state index contributed by atoms with van der Waals surface area (Å²) in [6.45, 7) is 10.5. The van der Waals surface area contributed by atoms with Crippen molar-refractivity contribution >= 4 is 0 Å². The molecule has 3 heteroatoms. The minimum Gasteiger partial charge on any atom is -0.327 e. The molecule has 16 heavy (non-hydrogen) atoms. The van der Waals surface area contributed by atoms with Crippen molar-refractivity contribution in [3.8, 4) is 0 Å². The second-order valence-corrected chi connectivity index (χ2v) is 5.43. The Morgan fingerprint density at radius 1 is 1.25 bits per heavy atom. The Bertz CT molecular complexity index is 353. The smallest absolute Gasteiger partial charge is 0.125 e. The molecule has 0 aliphatic heterocycles. The van der Waals surface area contributed by atoms with Crippen molar-refractivity contribution in [3.05, 3.63) is 23.3 Å². The summed E-state index contributed by atoms with van der Waals surface area (Å²) in [5, 5.41) is 0. The number of hydrogen-bond acceptors (Lipinski definition) is 3. The maximum atomic E-state index is 6.16. The summed E-state index contributed by atoms with van der Waals surface area (Å²) in [6.07, 6.45) is 1.76. The molecule has 2 N–H and O–H groups in total. The van der Waals surface area contributed by atoms with Crippen LogP contribution in [-0.2, 0) is 12.8 Å². The monoisotopic (exact) mass is 221 g/mol. The lowest BCUT2D eigenvalue weighted by Gasteiger charge is -2.26. The van der Waals surface area contributed by atoms with Crippen LogP contribution in [0.1, 0.15) is 44.9 Å². The largest absolute Gasteiger partial charge is 0.327 e. The molecule has 1 heterocycles. The van der Waals surface area contributed by atoms with E-state index in [-0.39, 0.29) is 11.5 Å². The summed E-state index contributed by atoms with van der Waals surface area (Å²) >= 11 is 0. The first kappa shape index (κ1) is 13.1. The Labute approximate surface area is 98.5 Å². The van der Waals surface area contributed by atoms with Gasteiger partial charge in [0, 0.05) is 23.9 Å². The van der Waals surface area contributed by atoms with Crippen molar-refractivity contribution < 1.29 is 0 Å². The first-order valence-corrected chi connectivity index (χ1v) is 5.92. The van der Waals surface area contributed by atoms with E-state index in [0.29, 0.717) is 0 Å². The molecule has 0 spiro atoms. The van der Waals surface area contributed by atoms with Crippen molar-refractivity contribution in [1.82, 2.24) is 9.97 Å². The molecule has 1 unspecified atom stereocenters. The fraction of sp³-hybridized carbons (Fsp3) is 0.692. The molecule has 1 rings (SSSR count). The quantitative estimate of drug-likeness (QED) is 0.851. The first-order valence-electron chi connectivity index (χ1n) is 5.92. The van der Waals surface area contributed by atoms with Crippen LogP contribution in [-0.4, -0.2) is 16.0 Å². The zero-order valence-corrected chi connectivity index (χ0v) is 11.0. The van der Waals surface area contributed by atoms with Gasteiger partial charge in [-0.1, -0.05) is 27.7 Å². The van der Waals surface area contributed by atoms with Crippen molar-refractivity contribution in [1.29, 1.82) is 0 Å². The van der Waals surface area contributed by atoms with Gasteiger partial charge in [0.2, 0.25) is 0 Å². The van der Waals surface area contributed by atoms with Crippen LogP contribution in [0.15, 0.2) is 6.07 Å². The highest BCUT2D eigenvalue weighted by atomic mass is 14.9. The molecule has 0 aliphatic carbocycles. The zero-order chi connectivity index (χ0) is 12.3. The molecule has 90 valence electrons. The highest BCUT2D eigenvalue weighted by Crippen LogP contribution is 2.20. The maximum Gasteiger partial charge on any atom is 0.125 e. The highest BCUT2D eigenvalue weighted by molar-refractivity contribution is 5.12. The molecule has 1 aromatic rings. The van der Waals surface area contributed by atoms with Crippen molar-refractivity contribution in [3.63, 3.8) is 0 Å². The van der Waals surface area contributed by atoms with Gasteiger partial charge in [0.25, 0.3) is 0 Å². The van der Waals surface area contributed by atoms with Crippen molar-refractivity contribution in [2.75, 3.05) is 0 Å². The number of aryl methyl sites for hydroxylation is 2. The number of nitrogens with zero attached hydrogens (tertiary/aromatic N) is 2. The average molecular weight is 221 g/mol. The summed E-state index contributed by atoms with van der Waals surface area (Å²) in [5.74, 6) is 0.843. The van der Waals surface area contributed by atoms with Gasteiger partial charge in [-0.25, -0.2) is 9.97 Å². The predicted molar refractivity (Wildman–Crippen MR) is 67.3 cm³/mol. The van der Waals surface area contributed by atoms with E-state index in [2.05, 4.69) is 43.7 Å². The molecule has 0 aromatic carbocycles. The van der Waals surface area contributed by atoms with E-state index >= 15 is 0 Å². The van der Waals surface area contributed by atoms with Crippen LogP contribution in [0.2, 0.25) is 0 Å². The molecule has 0 radical (unpaired) electrons. The van der Waals surface area contributed by atoms with Gasteiger partial charge in [-0.05, 0) is 24.8 Å². The third-order valence-corrected chi connectivity index (χ3v) is 2.85. The minimum atomic E-state index is 0.116. The highest BCUT2D eigenvalue weighted by Gasteiger charge is 2.21. The van der Waals surface area contributed by atoms with Crippen LogP contribution in [0.4, 0.5) is 0 Å². The fourth-order valence-corrected chi connectivity index (χ4v) is 1.51. The lowest BCUT2D eigenvalue weighted by Crippen LogP contribution is -2.37. The Hall–Kier alpha value is -0.960. The number of nitrogens with two attached hydrogens (primary N) is 1. The molecule has 0 amide bonds. The maximum absolute atomic E-state index is 6.16. The van der Waals surface area contributed by atoms with E-state index in [1.165, 1.54) is 0 Å². The lowest BCUT2D eigenvalue weighted by molar-refractivity contribution is 0.316. The van der Waals surface area contributed by atoms with E-state index in [9.17, 15) is 0 Å². The van der Waals surface area contributed by atoms with Crippen molar-refractivity contribution in [2.45, 2.75) is 53.5 Å². The van der Waals surface area contributed by atoms with Gasteiger partial charge in [0.15, 0.2) is 0 Å². The van der Waals surface area contributed by atoms with E-state index in [4.69, 9.17) is 5.73 Å². The number of aromatic nitrogens is 2. The van der Waals surface area contributed by atoms with Gasteiger partial charge in [-0.15, -0.1) is 0 Å². The van der Waals surface area contributed by atoms with Gasteiger partial charge < -0.3 is 5.73 Å². The van der Waals surface area contributed by atoms with Gasteiger partial charge in [0.1, 0.15) is 5.82 Å². The van der Waals surface area contributed by atoms with E-state index < -0.39 is 0 Å². The van der Waals surface area contributed by atoms with E-state index in [0.717, 1.165) is 30.1 Å². The molecule has 3 nitrogen and oxygen atoms in total. The standard InChI is InChI=1S/C13H23N3/c1-6-10-7-11(16-9(2)15-10)8-12(14)13(3,4)5/h7,12H,6,8,14H2,1-5H3. The normalized spacial score (nSPS) is 13.9. The number of rotatable bonds is 3. The van der Waals surface area contributed by atoms with Crippen molar-refractivity contribution in [2.24, 2.45) is 11.1 Å². The second kappa shape index (κ2) is 4.91. The van der Waals surface area contributed by atoms with Crippen LogP contribution in [0, 0.1) is 12.3 Å². The van der Waals surface area contributed by atoms with Gasteiger partial charge in [-0.3, -0.25) is 0 Å². The lowest BCUT2D eigenvalue weighted by atomic mass is 9.84. The summed E-state index contributed by atoms with van der Waals surface area (Å²) in [6, 6.07) is 2.20. The molecule has 0 fully saturated rings. The summed E-state index contributed by atoms with van der Waals surface area (Å²) in [4.78, 5) is 8.81. The summed E-state index contributed by atoms with van der Waals surface area (Å²) in [7, 11) is 0. The van der Waals surface area contributed by atoms with E-state index in [1.807, 2.05) is 6.92 Å². The summed E-state index contributed by atoms with van der Waals surface area (Å²) < 4.78 is 0. The molecular formula is C13H23N3. The van der Waals surface area contributed by atoms with Crippen LogP contribution >= 0.6 is 0 Å². The Kier molecular flexibility index (Phi) is 4.03. The molecule has 1 atom stereocenters. The zero-order valence-electron chi connectivity index (χ0n) is 11.0. The second-order valence-electron chi connectivity index (χ2n) is 5.43. The molecule has 1 aromatic heterocycles. The third kappa shape index (κ3) is 3.56. The summed E-state index contributed by atoms with van der Waals surface area (Å²) in [5.41, 5.74) is 8.44. The van der Waals surface area contributed by atoms with Gasteiger partial charge >= 0.3 is 0 Å². The van der Waals surface area contributed by atoms with Gasteiger partial charge in [-0.2, -0.15) is 0 Å². The Morgan fingerprint density at radius 3 is 2.31 bits per heavy atom. The fourth-order valence-electron chi connectivity index (χ4n) is 1.51. The average Bonchev–Trinajstić information content (AvgIpc) is 2.15. The van der Waals surface area contributed by atoms with E-state index in [1.54, 1.807) is 0 Å². The minimum absolute atomic E-state index is 0.116. The Morgan fingerprint density at radius 2 is 1.81 bits per heavy atom. The van der Waals surface area contributed by atoms with Crippen LogP contribution in [0.25, 0.3) is 0 Å². The van der Waals surface area contributed by atoms with Crippen LogP contribution in [0.5, 0.6) is 0 Å². The van der Waals surface area contributed by atoms with Gasteiger partial charge in [0.05, 0.1) is 0 Å². The molecule has 0 aliphatic rings.